The van der Waals surface area contributed by atoms with E-state index < -0.39 is 0 Å². The van der Waals surface area contributed by atoms with Crippen LogP contribution in [0.1, 0.15) is 17.3 Å². The number of fused-ring (bicyclic) bond motifs is 1. The molecule has 3 aromatic rings. The first-order chi connectivity index (χ1) is 9.29. The van der Waals surface area contributed by atoms with Gasteiger partial charge in [-0.25, -0.2) is 0 Å². The van der Waals surface area contributed by atoms with Crippen molar-refractivity contribution >= 4 is 10.9 Å². The van der Waals surface area contributed by atoms with Crippen LogP contribution in [0.5, 0.6) is 0 Å². The molecular weight excluding hydrogens is 236 g/mol. The Labute approximate surface area is 112 Å². The molecule has 0 amide bonds. The number of pyridine rings is 1. The van der Waals surface area contributed by atoms with Crippen molar-refractivity contribution in [3.05, 3.63) is 60.0 Å². The molecule has 0 bridgehead atoms. The molecule has 2 aromatic heterocycles. The number of hydrogen-bond acceptors (Lipinski definition) is 3. The SMILES string of the molecule is CNC(c1ccn(C)n1)c1cccc2cccnc12. The molecule has 4 heteroatoms. The molecule has 0 aliphatic carbocycles. The zero-order valence-electron chi connectivity index (χ0n) is 11.0. The summed E-state index contributed by atoms with van der Waals surface area (Å²) in [6.07, 6.45) is 3.79. The van der Waals surface area contributed by atoms with Crippen LogP contribution in [-0.2, 0) is 7.05 Å². The first-order valence-corrected chi connectivity index (χ1v) is 6.30. The second-order valence-corrected chi connectivity index (χ2v) is 4.56. The molecule has 0 saturated carbocycles. The van der Waals surface area contributed by atoms with Crippen LogP contribution in [0, 0.1) is 0 Å². The molecule has 1 atom stereocenters. The molecule has 0 saturated heterocycles. The van der Waals surface area contributed by atoms with Crippen LogP contribution in [0.3, 0.4) is 0 Å². The van der Waals surface area contributed by atoms with Crippen molar-refractivity contribution in [2.75, 3.05) is 7.05 Å². The normalized spacial score (nSPS) is 12.7. The number of nitrogens with one attached hydrogen (secondary N) is 1. The average Bonchev–Trinajstić information content (AvgIpc) is 2.86. The number of nitrogens with zero attached hydrogens (tertiary/aromatic N) is 3. The van der Waals surface area contributed by atoms with Gasteiger partial charge < -0.3 is 5.32 Å². The summed E-state index contributed by atoms with van der Waals surface area (Å²) in [5, 5.41) is 8.96. The lowest BCUT2D eigenvalue weighted by Crippen LogP contribution is -2.19. The maximum atomic E-state index is 4.51. The predicted molar refractivity (Wildman–Crippen MR) is 75.9 cm³/mol. The van der Waals surface area contributed by atoms with Crippen molar-refractivity contribution in [3.63, 3.8) is 0 Å². The van der Waals surface area contributed by atoms with Crippen LogP contribution in [0.25, 0.3) is 10.9 Å². The van der Waals surface area contributed by atoms with Crippen LogP contribution in [0.2, 0.25) is 0 Å². The van der Waals surface area contributed by atoms with Crippen LogP contribution in [0.15, 0.2) is 48.8 Å². The minimum absolute atomic E-state index is 0.0554. The Morgan fingerprint density at radius 1 is 1.16 bits per heavy atom. The molecule has 1 N–H and O–H groups in total. The van der Waals surface area contributed by atoms with E-state index in [2.05, 4.69) is 39.7 Å². The molecule has 4 nitrogen and oxygen atoms in total. The number of para-hydroxylation sites is 1. The standard InChI is InChI=1S/C15H16N4/c1-16-15(13-8-10-19(2)18-13)12-7-3-5-11-6-4-9-17-14(11)12/h3-10,15-16H,1-2H3. The van der Waals surface area contributed by atoms with E-state index in [4.69, 9.17) is 0 Å². The topological polar surface area (TPSA) is 42.7 Å². The Kier molecular flexibility index (Phi) is 3.01. The van der Waals surface area contributed by atoms with Crippen molar-refractivity contribution in [1.29, 1.82) is 0 Å². The molecule has 0 radical (unpaired) electrons. The van der Waals surface area contributed by atoms with Crippen molar-refractivity contribution in [3.8, 4) is 0 Å². The maximum Gasteiger partial charge on any atom is 0.0840 e. The van der Waals surface area contributed by atoms with Gasteiger partial charge in [-0.3, -0.25) is 9.67 Å². The summed E-state index contributed by atoms with van der Waals surface area (Å²) in [5.41, 5.74) is 3.18. The van der Waals surface area contributed by atoms with E-state index in [0.29, 0.717) is 0 Å². The Morgan fingerprint density at radius 2 is 2.00 bits per heavy atom. The fraction of sp³-hybridized carbons (Fsp3) is 0.200. The number of hydrogen-bond donors (Lipinski definition) is 1. The lowest BCUT2D eigenvalue weighted by molar-refractivity contribution is 0.644. The van der Waals surface area contributed by atoms with Gasteiger partial charge in [0.25, 0.3) is 0 Å². The highest BCUT2D eigenvalue weighted by Crippen LogP contribution is 2.26. The van der Waals surface area contributed by atoms with Crippen LogP contribution < -0.4 is 5.32 Å². The summed E-state index contributed by atoms with van der Waals surface area (Å²) >= 11 is 0. The second kappa shape index (κ2) is 4.82. The number of benzene rings is 1. The van der Waals surface area contributed by atoms with Crippen molar-refractivity contribution in [2.45, 2.75) is 6.04 Å². The third kappa shape index (κ3) is 2.11. The maximum absolute atomic E-state index is 4.51. The van der Waals surface area contributed by atoms with Crippen molar-refractivity contribution < 1.29 is 0 Å². The molecule has 2 heterocycles. The zero-order valence-corrected chi connectivity index (χ0v) is 11.0. The Bertz CT molecular complexity index is 697. The van der Waals surface area contributed by atoms with E-state index in [1.165, 1.54) is 0 Å². The summed E-state index contributed by atoms with van der Waals surface area (Å²) in [4.78, 5) is 4.51. The molecule has 19 heavy (non-hydrogen) atoms. The minimum Gasteiger partial charge on any atom is -0.308 e. The molecule has 0 fully saturated rings. The van der Waals surface area contributed by atoms with Crippen LogP contribution in [-0.4, -0.2) is 21.8 Å². The Hall–Kier alpha value is -2.20. The number of aromatic nitrogens is 3. The van der Waals surface area contributed by atoms with Crippen molar-refractivity contribution in [2.24, 2.45) is 7.05 Å². The summed E-state index contributed by atoms with van der Waals surface area (Å²) in [6.45, 7) is 0. The zero-order chi connectivity index (χ0) is 13.2. The molecule has 0 spiro atoms. The molecule has 0 aliphatic heterocycles. The highest BCUT2D eigenvalue weighted by Gasteiger charge is 2.17. The third-order valence-corrected chi connectivity index (χ3v) is 3.29. The van der Waals surface area contributed by atoms with E-state index in [-0.39, 0.29) is 6.04 Å². The number of aryl methyl sites for hydroxylation is 1. The summed E-state index contributed by atoms with van der Waals surface area (Å²) in [7, 11) is 3.87. The third-order valence-electron chi connectivity index (χ3n) is 3.29. The molecule has 3 rings (SSSR count). The van der Waals surface area contributed by atoms with Gasteiger partial charge in [-0.05, 0) is 19.2 Å². The Balaban J connectivity index is 2.16. The van der Waals surface area contributed by atoms with E-state index in [0.717, 1.165) is 22.2 Å². The fourth-order valence-corrected chi connectivity index (χ4v) is 2.41. The first kappa shape index (κ1) is 11.9. The number of rotatable bonds is 3. The quantitative estimate of drug-likeness (QED) is 0.777. The van der Waals surface area contributed by atoms with E-state index in [1.807, 2.05) is 43.3 Å². The molecule has 1 aromatic carbocycles. The van der Waals surface area contributed by atoms with E-state index in [9.17, 15) is 0 Å². The van der Waals surface area contributed by atoms with Gasteiger partial charge in [0.15, 0.2) is 0 Å². The predicted octanol–water partition coefficient (Wildman–Crippen LogP) is 2.28. The fourth-order valence-electron chi connectivity index (χ4n) is 2.41. The van der Waals surface area contributed by atoms with Gasteiger partial charge in [0.1, 0.15) is 0 Å². The molecule has 1 unspecified atom stereocenters. The highest BCUT2D eigenvalue weighted by atomic mass is 15.3. The van der Waals surface area contributed by atoms with Gasteiger partial charge in [-0.2, -0.15) is 5.10 Å². The van der Waals surface area contributed by atoms with Crippen molar-refractivity contribution in [1.82, 2.24) is 20.1 Å². The summed E-state index contributed by atoms with van der Waals surface area (Å²) < 4.78 is 1.82. The smallest absolute Gasteiger partial charge is 0.0840 e. The molecule has 96 valence electrons. The molecule has 0 aliphatic rings. The average molecular weight is 252 g/mol. The van der Waals surface area contributed by atoms with E-state index in [1.54, 1.807) is 0 Å². The lowest BCUT2D eigenvalue weighted by Gasteiger charge is -2.16. The van der Waals surface area contributed by atoms with Gasteiger partial charge >= 0.3 is 0 Å². The monoisotopic (exact) mass is 252 g/mol. The first-order valence-electron chi connectivity index (χ1n) is 6.30. The van der Waals surface area contributed by atoms with Gasteiger partial charge in [-0.1, -0.05) is 24.3 Å². The van der Waals surface area contributed by atoms with Crippen LogP contribution >= 0.6 is 0 Å². The Morgan fingerprint density at radius 3 is 2.74 bits per heavy atom. The summed E-state index contributed by atoms with van der Waals surface area (Å²) in [5.74, 6) is 0. The minimum atomic E-state index is 0.0554. The van der Waals surface area contributed by atoms with Crippen LogP contribution in [0.4, 0.5) is 0 Å². The lowest BCUT2D eigenvalue weighted by atomic mass is 10.0. The highest BCUT2D eigenvalue weighted by molar-refractivity contribution is 5.82. The van der Waals surface area contributed by atoms with Gasteiger partial charge in [0.05, 0.1) is 17.3 Å². The van der Waals surface area contributed by atoms with E-state index >= 15 is 0 Å². The second-order valence-electron chi connectivity index (χ2n) is 4.56. The van der Waals surface area contributed by atoms with Gasteiger partial charge in [-0.15, -0.1) is 0 Å². The largest absolute Gasteiger partial charge is 0.308 e. The molecular formula is C15H16N4. The summed E-state index contributed by atoms with van der Waals surface area (Å²) in [6, 6.07) is 12.4. The van der Waals surface area contributed by atoms with Gasteiger partial charge in [0.2, 0.25) is 0 Å². The van der Waals surface area contributed by atoms with Gasteiger partial charge in [0, 0.05) is 30.4 Å².